The van der Waals surface area contributed by atoms with Crippen LogP contribution in [-0.2, 0) is 6.18 Å². The Hall–Kier alpha value is -3.47. The third kappa shape index (κ3) is 3.78. The van der Waals surface area contributed by atoms with Gasteiger partial charge in [0.25, 0.3) is 0 Å². The predicted octanol–water partition coefficient (Wildman–Crippen LogP) is 5.54. The monoisotopic (exact) mass is 389 g/mol. The van der Waals surface area contributed by atoms with Crippen LogP contribution in [-0.4, -0.2) is 9.78 Å². The van der Waals surface area contributed by atoms with Gasteiger partial charge >= 0.3 is 6.18 Å². The summed E-state index contributed by atoms with van der Waals surface area (Å²) in [5, 5.41) is 13.1. The molecule has 0 amide bonds. The topological polar surface area (TPSA) is 41.6 Å². The molecule has 0 aliphatic rings. The number of hydrogen-bond acceptors (Lipinski definition) is 2. The van der Waals surface area contributed by atoms with Crippen LogP contribution in [0.1, 0.15) is 22.5 Å². The Morgan fingerprint density at radius 1 is 1.07 bits per heavy atom. The van der Waals surface area contributed by atoms with Gasteiger partial charge in [-0.2, -0.15) is 23.5 Å². The van der Waals surface area contributed by atoms with Crippen molar-refractivity contribution >= 4 is 11.6 Å². The molecule has 1 heterocycles. The first-order valence-electron chi connectivity index (χ1n) is 8.01. The molecule has 0 saturated heterocycles. The van der Waals surface area contributed by atoms with Gasteiger partial charge in [-0.3, -0.25) is 0 Å². The summed E-state index contributed by atoms with van der Waals surface area (Å²) < 4.78 is 67.9. The zero-order valence-corrected chi connectivity index (χ0v) is 14.4. The molecule has 0 bridgehead atoms. The second-order valence-corrected chi connectivity index (χ2v) is 5.94. The fourth-order valence-electron chi connectivity index (χ4n) is 2.69. The normalized spacial score (nSPS) is 12.1. The van der Waals surface area contributed by atoms with E-state index in [4.69, 9.17) is 0 Å². The van der Waals surface area contributed by atoms with E-state index in [9.17, 15) is 27.2 Å². The maximum absolute atomic E-state index is 13.9. The molecule has 28 heavy (non-hydrogen) atoms. The average Bonchev–Trinajstić information content (AvgIpc) is 3.03. The Morgan fingerprint density at radius 3 is 2.21 bits per heavy atom. The van der Waals surface area contributed by atoms with Crippen molar-refractivity contribution in [2.24, 2.45) is 0 Å². The molecule has 0 spiro atoms. The minimum atomic E-state index is -4.57. The van der Waals surface area contributed by atoms with Gasteiger partial charge < -0.3 is 0 Å². The van der Waals surface area contributed by atoms with Crippen molar-refractivity contribution in [3.05, 3.63) is 82.7 Å². The quantitative estimate of drug-likeness (QED) is 0.335. The molecule has 142 valence electrons. The minimum Gasteiger partial charge on any atom is -0.228 e. The van der Waals surface area contributed by atoms with Gasteiger partial charge in [0.2, 0.25) is 0 Å². The van der Waals surface area contributed by atoms with E-state index < -0.39 is 29.1 Å². The highest BCUT2D eigenvalue weighted by molar-refractivity contribution is 5.90. The van der Waals surface area contributed by atoms with Crippen molar-refractivity contribution in [1.82, 2.24) is 9.78 Å². The zero-order chi connectivity index (χ0) is 20.5. The standard InChI is InChI=1S/C20H12F5N3/c1-12-9-18(20(23,24)25)28(27-12)15-7-5-13(6-8-15)10-14(11-26)19-16(21)3-2-4-17(19)22/h2-10H,1H3. The minimum absolute atomic E-state index is 0.160. The Labute approximate surface area is 157 Å². The molecule has 3 nitrogen and oxygen atoms in total. The maximum atomic E-state index is 13.9. The first-order valence-corrected chi connectivity index (χ1v) is 8.01. The molecular formula is C20H12F5N3. The Kier molecular flexibility index (Phi) is 5.01. The summed E-state index contributed by atoms with van der Waals surface area (Å²) in [6.07, 6.45) is -3.32. The molecule has 0 saturated carbocycles. The van der Waals surface area contributed by atoms with Crippen LogP contribution in [0, 0.1) is 29.9 Å². The molecule has 0 aliphatic heterocycles. The largest absolute Gasteiger partial charge is 0.433 e. The van der Waals surface area contributed by atoms with E-state index in [-0.39, 0.29) is 17.0 Å². The Bertz CT molecular complexity index is 1070. The number of halogens is 5. The second kappa shape index (κ2) is 7.27. The number of nitrogens with zero attached hydrogens (tertiary/aromatic N) is 3. The van der Waals surface area contributed by atoms with Crippen LogP contribution in [0.5, 0.6) is 0 Å². The summed E-state index contributed by atoms with van der Waals surface area (Å²) in [5.74, 6) is -1.77. The highest BCUT2D eigenvalue weighted by Crippen LogP contribution is 2.31. The van der Waals surface area contributed by atoms with Gasteiger partial charge in [0, 0.05) is 0 Å². The third-order valence-electron chi connectivity index (χ3n) is 3.92. The van der Waals surface area contributed by atoms with Crippen LogP contribution >= 0.6 is 0 Å². The van der Waals surface area contributed by atoms with E-state index in [1.165, 1.54) is 43.3 Å². The van der Waals surface area contributed by atoms with Gasteiger partial charge in [-0.25, -0.2) is 13.5 Å². The predicted molar refractivity (Wildman–Crippen MR) is 93.1 cm³/mol. The number of allylic oxidation sites excluding steroid dienone is 1. The van der Waals surface area contributed by atoms with Gasteiger partial charge in [-0.15, -0.1) is 0 Å². The van der Waals surface area contributed by atoms with Crippen LogP contribution in [0.15, 0.2) is 48.5 Å². The van der Waals surface area contributed by atoms with Crippen LogP contribution in [0.3, 0.4) is 0 Å². The summed E-state index contributed by atoms with van der Waals surface area (Å²) in [6, 6.07) is 11.5. The number of aryl methyl sites for hydroxylation is 1. The molecule has 2 aromatic carbocycles. The first kappa shape index (κ1) is 19.3. The molecule has 3 rings (SSSR count). The SMILES string of the molecule is Cc1cc(C(F)(F)F)n(-c2ccc(C=C(C#N)c3c(F)cccc3F)cc2)n1. The van der Waals surface area contributed by atoms with E-state index in [0.29, 0.717) is 5.56 Å². The summed E-state index contributed by atoms with van der Waals surface area (Å²) in [5.41, 5.74) is -0.864. The van der Waals surface area contributed by atoms with Crippen molar-refractivity contribution in [3.8, 4) is 11.8 Å². The molecular weight excluding hydrogens is 377 g/mol. The lowest BCUT2D eigenvalue weighted by Gasteiger charge is -2.10. The Morgan fingerprint density at radius 2 is 1.68 bits per heavy atom. The number of rotatable bonds is 3. The third-order valence-corrected chi connectivity index (χ3v) is 3.92. The van der Waals surface area contributed by atoms with E-state index in [1.54, 1.807) is 6.07 Å². The van der Waals surface area contributed by atoms with Crippen LogP contribution in [0.25, 0.3) is 17.3 Å². The van der Waals surface area contributed by atoms with Crippen molar-refractivity contribution in [3.63, 3.8) is 0 Å². The summed E-state index contributed by atoms with van der Waals surface area (Å²) >= 11 is 0. The highest BCUT2D eigenvalue weighted by atomic mass is 19.4. The fraction of sp³-hybridized carbons (Fsp3) is 0.100. The summed E-state index contributed by atoms with van der Waals surface area (Å²) in [4.78, 5) is 0. The molecule has 0 unspecified atom stereocenters. The van der Waals surface area contributed by atoms with Gasteiger partial charge in [0.15, 0.2) is 0 Å². The number of benzene rings is 2. The van der Waals surface area contributed by atoms with Gasteiger partial charge in [0.1, 0.15) is 17.3 Å². The molecule has 3 aromatic rings. The van der Waals surface area contributed by atoms with Crippen LogP contribution in [0.2, 0.25) is 0 Å². The van der Waals surface area contributed by atoms with Gasteiger partial charge in [-0.1, -0.05) is 18.2 Å². The van der Waals surface area contributed by atoms with Gasteiger partial charge in [0.05, 0.1) is 28.6 Å². The molecule has 0 radical (unpaired) electrons. The van der Waals surface area contributed by atoms with Crippen molar-refractivity contribution in [2.75, 3.05) is 0 Å². The lowest BCUT2D eigenvalue weighted by atomic mass is 10.0. The first-order chi connectivity index (χ1) is 13.2. The second-order valence-electron chi connectivity index (χ2n) is 5.94. The molecule has 0 fully saturated rings. The summed E-state index contributed by atoms with van der Waals surface area (Å²) in [6.45, 7) is 1.45. The Balaban J connectivity index is 2.00. The van der Waals surface area contributed by atoms with Gasteiger partial charge in [-0.05, 0) is 48.9 Å². The molecule has 0 N–H and O–H groups in total. The van der Waals surface area contributed by atoms with E-state index in [0.717, 1.165) is 22.9 Å². The number of hydrogen-bond donors (Lipinski definition) is 0. The maximum Gasteiger partial charge on any atom is 0.433 e. The van der Waals surface area contributed by atoms with Crippen LogP contribution in [0.4, 0.5) is 22.0 Å². The van der Waals surface area contributed by atoms with Crippen molar-refractivity contribution in [1.29, 1.82) is 5.26 Å². The van der Waals surface area contributed by atoms with E-state index in [1.807, 2.05) is 0 Å². The van der Waals surface area contributed by atoms with E-state index >= 15 is 0 Å². The molecule has 0 aliphatic carbocycles. The number of aromatic nitrogens is 2. The lowest BCUT2D eigenvalue weighted by Crippen LogP contribution is -2.13. The lowest BCUT2D eigenvalue weighted by molar-refractivity contribution is -0.142. The number of alkyl halides is 3. The number of nitriles is 1. The average molecular weight is 389 g/mol. The van der Waals surface area contributed by atoms with Crippen molar-refractivity contribution < 1.29 is 22.0 Å². The molecule has 8 heteroatoms. The fourth-order valence-corrected chi connectivity index (χ4v) is 2.69. The molecule has 0 atom stereocenters. The summed E-state index contributed by atoms with van der Waals surface area (Å²) in [7, 11) is 0. The van der Waals surface area contributed by atoms with E-state index in [2.05, 4.69) is 5.10 Å². The zero-order valence-electron chi connectivity index (χ0n) is 14.4. The van der Waals surface area contributed by atoms with Crippen LogP contribution < -0.4 is 0 Å². The highest BCUT2D eigenvalue weighted by Gasteiger charge is 2.35. The van der Waals surface area contributed by atoms with Crippen molar-refractivity contribution in [2.45, 2.75) is 13.1 Å². The molecule has 1 aromatic heterocycles. The smallest absolute Gasteiger partial charge is 0.228 e.